The van der Waals surface area contributed by atoms with Crippen LogP contribution in [0.3, 0.4) is 0 Å². The van der Waals surface area contributed by atoms with Crippen molar-refractivity contribution in [3.8, 4) is 5.75 Å². The van der Waals surface area contributed by atoms with Crippen LogP contribution in [-0.2, 0) is 0 Å². The number of aromatic amines is 1. The second-order valence-electron chi connectivity index (χ2n) is 7.77. The zero-order valence-corrected chi connectivity index (χ0v) is 18.1. The Labute approximate surface area is 182 Å². The number of methoxy groups -OCH3 is 1. The highest BCUT2D eigenvalue weighted by molar-refractivity contribution is 5.94. The summed E-state index contributed by atoms with van der Waals surface area (Å²) in [6, 6.07) is 23.9. The van der Waals surface area contributed by atoms with Crippen LogP contribution in [0.2, 0.25) is 0 Å². The predicted molar refractivity (Wildman–Crippen MR) is 126 cm³/mol. The third-order valence-corrected chi connectivity index (χ3v) is 5.63. The number of H-pyrrole nitrogens is 1. The van der Waals surface area contributed by atoms with E-state index in [1.807, 2.05) is 26.2 Å². The minimum atomic E-state index is -0.0996. The Bertz CT molecular complexity index is 1160. The zero-order valence-electron chi connectivity index (χ0n) is 18.1. The topological polar surface area (TPSA) is 57.4 Å². The van der Waals surface area contributed by atoms with Gasteiger partial charge < -0.3 is 19.9 Å². The Hall–Kier alpha value is -3.73. The maximum absolute atomic E-state index is 12.8. The first-order valence-corrected chi connectivity index (χ1v) is 10.3. The molecule has 1 aromatic heterocycles. The molecule has 1 amide bonds. The summed E-state index contributed by atoms with van der Waals surface area (Å²) in [6.45, 7) is 0.494. The molecular weight excluding hydrogens is 386 g/mol. The molecule has 5 heteroatoms. The lowest BCUT2D eigenvalue weighted by Crippen LogP contribution is -2.28. The van der Waals surface area contributed by atoms with Gasteiger partial charge in [-0.1, -0.05) is 30.3 Å². The third kappa shape index (κ3) is 4.40. The number of anilines is 1. The molecular formula is C26H27N3O2. The van der Waals surface area contributed by atoms with E-state index in [2.05, 4.69) is 57.8 Å². The molecule has 0 bridgehead atoms. The number of carbonyl (C=O) groups excluding carboxylic acids is 1. The Morgan fingerprint density at radius 3 is 2.39 bits per heavy atom. The van der Waals surface area contributed by atoms with Gasteiger partial charge in [0.2, 0.25) is 0 Å². The number of hydrogen-bond donors (Lipinski definition) is 2. The monoisotopic (exact) mass is 413 g/mol. The molecule has 4 rings (SSSR count). The number of para-hydroxylation sites is 1. The van der Waals surface area contributed by atoms with Crippen LogP contribution < -0.4 is 15.0 Å². The molecule has 31 heavy (non-hydrogen) atoms. The SMILES string of the molecule is COc1ccc(C(=O)NCC(c2ccc(N(C)C)cc2)c2c[nH]c3ccccc23)cc1. The Morgan fingerprint density at radius 2 is 1.71 bits per heavy atom. The van der Waals surface area contributed by atoms with E-state index in [9.17, 15) is 4.79 Å². The molecule has 3 aromatic carbocycles. The highest BCUT2D eigenvalue weighted by atomic mass is 16.5. The van der Waals surface area contributed by atoms with Crippen molar-refractivity contribution in [1.82, 2.24) is 10.3 Å². The van der Waals surface area contributed by atoms with E-state index in [4.69, 9.17) is 4.74 Å². The van der Waals surface area contributed by atoms with E-state index >= 15 is 0 Å². The van der Waals surface area contributed by atoms with Crippen LogP contribution in [0.5, 0.6) is 5.75 Å². The summed E-state index contributed by atoms with van der Waals surface area (Å²) >= 11 is 0. The molecule has 2 N–H and O–H groups in total. The largest absolute Gasteiger partial charge is 0.497 e. The quantitative estimate of drug-likeness (QED) is 0.457. The number of rotatable bonds is 7. The number of fused-ring (bicyclic) bond motifs is 1. The molecule has 1 unspecified atom stereocenters. The summed E-state index contributed by atoms with van der Waals surface area (Å²) in [5.41, 5.74) is 5.17. The second-order valence-corrected chi connectivity index (χ2v) is 7.77. The summed E-state index contributed by atoms with van der Waals surface area (Å²) < 4.78 is 5.18. The fourth-order valence-electron chi connectivity index (χ4n) is 3.83. The van der Waals surface area contributed by atoms with E-state index in [0.29, 0.717) is 12.1 Å². The molecule has 4 aromatic rings. The molecule has 1 atom stereocenters. The molecule has 0 saturated carbocycles. The molecule has 0 fully saturated rings. The summed E-state index contributed by atoms with van der Waals surface area (Å²) in [6.07, 6.45) is 2.05. The lowest BCUT2D eigenvalue weighted by molar-refractivity contribution is 0.0952. The second kappa shape index (κ2) is 8.96. The van der Waals surface area contributed by atoms with Crippen LogP contribution in [0.25, 0.3) is 10.9 Å². The molecule has 0 spiro atoms. The number of nitrogens with zero attached hydrogens (tertiary/aromatic N) is 1. The van der Waals surface area contributed by atoms with Gasteiger partial charge in [-0.05, 0) is 53.6 Å². The number of carbonyl (C=O) groups is 1. The van der Waals surface area contributed by atoms with Gasteiger partial charge in [0.05, 0.1) is 7.11 Å². The van der Waals surface area contributed by atoms with Gasteiger partial charge in [0, 0.05) is 54.9 Å². The van der Waals surface area contributed by atoms with Gasteiger partial charge in [-0.25, -0.2) is 0 Å². The maximum atomic E-state index is 12.8. The fraction of sp³-hybridized carbons (Fsp3) is 0.192. The third-order valence-electron chi connectivity index (χ3n) is 5.63. The van der Waals surface area contributed by atoms with Crippen LogP contribution in [0.4, 0.5) is 5.69 Å². The van der Waals surface area contributed by atoms with Crippen LogP contribution >= 0.6 is 0 Å². The van der Waals surface area contributed by atoms with Crippen molar-refractivity contribution < 1.29 is 9.53 Å². The zero-order chi connectivity index (χ0) is 21.8. The Balaban J connectivity index is 1.62. The minimum Gasteiger partial charge on any atom is -0.497 e. The van der Waals surface area contributed by atoms with E-state index in [-0.39, 0.29) is 11.8 Å². The minimum absolute atomic E-state index is 0.0227. The Morgan fingerprint density at radius 1 is 1.00 bits per heavy atom. The molecule has 5 nitrogen and oxygen atoms in total. The lowest BCUT2D eigenvalue weighted by Gasteiger charge is -2.20. The highest BCUT2D eigenvalue weighted by Crippen LogP contribution is 2.31. The smallest absolute Gasteiger partial charge is 0.251 e. The van der Waals surface area contributed by atoms with Gasteiger partial charge >= 0.3 is 0 Å². The van der Waals surface area contributed by atoms with Crippen molar-refractivity contribution in [1.29, 1.82) is 0 Å². The molecule has 0 saturated heterocycles. The van der Waals surface area contributed by atoms with Crippen LogP contribution in [-0.4, -0.2) is 38.6 Å². The normalized spacial score (nSPS) is 11.8. The molecule has 0 aliphatic carbocycles. The number of aromatic nitrogens is 1. The lowest BCUT2D eigenvalue weighted by atomic mass is 9.90. The van der Waals surface area contributed by atoms with Crippen molar-refractivity contribution in [3.05, 3.63) is 95.7 Å². The summed E-state index contributed by atoms with van der Waals surface area (Å²) in [5, 5.41) is 4.29. The Kier molecular flexibility index (Phi) is 5.94. The first-order valence-electron chi connectivity index (χ1n) is 10.3. The molecule has 1 heterocycles. The van der Waals surface area contributed by atoms with Crippen molar-refractivity contribution in [2.24, 2.45) is 0 Å². The van der Waals surface area contributed by atoms with Gasteiger partial charge in [-0.15, -0.1) is 0 Å². The van der Waals surface area contributed by atoms with Crippen LogP contribution in [0.1, 0.15) is 27.4 Å². The molecule has 0 aliphatic heterocycles. The fourth-order valence-corrected chi connectivity index (χ4v) is 3.83. The number of nitrogens with one attached hydrogen (secondary N) is 2. The number of benzene rings is 3. The predicted octanol–water partition coefficient (Wildman–Crippen LogP) is 4.80. The maximum Gasteiger partial charge on any atom is 0.251 e. The van der Waals surface area contributed by atoms with Crippen molar-refractivity contribution in [3.63, 3.8) is 0 Å². The van der Waals surface area contributed by atoms with Gasteiger partial charge in [0.15, 0.2) is 0 Å². The van der Waals surface area contributed by atoms with Crippen LogP contribution in [0.15, 0.2) is 79.0 Å². The van der Waals surface area contributed by atoms with Crippen molar-refractivity contribution in [2.75, 3.05) is 32.6 Å². The first-order chi connectivity index (χ1) is 15.1. The van der Waals surface area contributed by atoms with Gasteiger partial charge in [-0.2, -0.15) is 0 Å². The summed E-state index contributed by atoms with van der Waals surface area (Å²) in [4.78, 5) is 18.2. The molecule has 158 valence electrons. The van der Waals surface area contributed by atoms with E-state index < -0.39 is 0 Å². The van der Waals surface area contributed by atoms with E-state index in [0.717, 1.165) is 22.5 Å². The number of hydrogen-bond acceptors (Lipinski definition) is 3. The van der Waals surface area contributed by atoms with Gasteiger partial charge in [0.1, 0.15) is 5.75 Å². The van der Waals surface area contributed by atoms with E-state index in [1.54, 1.807) is 31.4 Å². The van der Waals surface area contributed by atoms with Crippen molar-refractivity contribution in [2.45, 2.75) is 5.92 Å². The average molecular weight is 414 g/mol. The summed E-state index contributed by atoms with van der Waals surface area (Å²) in [5.74, 6) is 0.654. The van der Waals surface area contributed by atoms with Crippen molar-refractivity contribution >= 4 is 22.5 Å². The van der Waals surface area contributed by atoms with Gasteiger partial charge in [0.25, 0.3) is 5.91 Å². The average Bonchev–Trinajstić information content (AvgIpc) is 3.23. The number of amides is 1. The standard InChI is InChI=1S/C26H27N3O2/c1-29(2)20-12-8-18(9-13-20)23(24-17-27-25-7-5-4-6-22(24)25)16-28-26(30)19-10-14-21(31-3)15-11-19/h4-15,17,23,27H,16H2,1-3H3,(H,28,30). The molecule has 0 aliphatic rings. The number of ether oxygens (including phenoxy) is 1. The summed E-state index contributed by atoms with van der Waals surface area (Å²) in [7, 11) is 5.67. The molecule has 0 radical (unpaired) electrons. The van der Waals surface area contributed by atoms with Gasteiger partial charge in [-0.3, -0.25) is 4.79 Å². The van der Waals surface area contributed by atoms with Crippen LogP contribution in [0, 0.1) is 0 Å². The highest BCUT2D eigenvalue weighted by Gasteiger charge is 2.19. The van der Waals surface area contributed by atoms with E-state index in [1.165, 1.54) is 10.9 Å². The first kappa shape index (κ1) is 20.5.